The molecule has 2 fully saturated rings. The van der Waals surface area contributed by atoms with E-state index in [1.165, 1.54) is 60.7 Å². The van der Waals surface area contributed by atoms with E-state index in [0.717, 1.165) is 36.2 Å². The van der Waals surface area contributed by atoms with E-state index < -0.39 is 0 Å². The second kappa shape index (κ2) is 8.30. The zero-order valence-electron chi connectivity index (χ0n) is 21.4. The third-order valence-corrected chi connectivity index (χ3v) is 8.12. The fourth-order valence-electron chi connectivity index (χ4n) is 6.11. The van der Waals surface area contributed by atoms with Crippen LogP contribution in [0.15, 0.2) is 34.9 Å². The van der Waals surface area contributed by atoms with Crippen LogP contribution in [0.5, 0.6) is 0 Å². The maximum absolute atomic E-state index is 5.88. The minimum Gasteiger partial charge on any atom is -0.371 e. The number of aromatic nitrogens is 1. The first-order chi connectivity index (χ1) is 15.6. The maximum Gasteiger partial charge on any atom is 0.169 e. The van der Waals surface area contributed by atoms with Crippen LogP contribution in [0.4, 0.5) is 5.69 Å². The Morgan fingerprint density at radius 2 is 1.64 bits per heavy atom. The van der Waals surface area contributed by atoms with Crippen molar-refractivity contribution in [1.29, 1.82) is 0 Å². The van der Waals surface area contributed by atoms with Gasteiger partial charge in [0.25, 0.3) is 0 Å². The molecule has 3 heterocycles. The molecule has 0 unspecified atom stereocenters. The Balaban J connectivity index is 1.35. The minimum atomic E-state index is -0.0469. The highest BCUT2D eigenvalue weighted by molar-refractivity contribution is 6.12. The van der Waals surface area contributed by atoms with Gasteiger partial charge in [0.15, 0.2) is 5.58 Å². The lowest BCUT2D eigenvalue weighted by Crippen LogP contribution is -2.40. The summed E-state index contributed by atoms with van der Waals surface area (Å²) in [6.45, 7) is 19.9. The molecule has 0 aliphatic carbocycles. The first kappa shape index (κ1) is 22.7. The second-order valence-corrected chi connectivity index (χ2v) is 12.6. The molecule has 0 saturated carbocycles. The molecular weight excluding hydrogens is 406 g/mol. The average Bonchev–Trinajstić information content (AvgIpc) is 3.40. The lowest BCUT2D eigenvalue weighted by Gasteiger charge is -2.39. The van der Waals surface area contributed by atoms with Gasteiger partial charge in [-0.1, -0.05) is 71.0 Å². The standard InChI is InChI=1S/C29H41N3O/c1-28(2,3)21-12-14-31(15-13-21)18-20-11-16-32(19-20)24-17-25-26(23-10-8-7-9-22(23)24)27(30-33-25)29(4,5)6/h7-10,17,20-21H,11-16,18-19H2,1-6H3/t20-/m1/s1. The van der Waals surface area contributed by atoms with E-state index in [9.17, 15) is 0 Å². The molecule has 1 atom stereocenters. The normalized spacial score (nSPS) is 21.5. The van der Waals surface area contributed by atoms with Crippen molar-refractivity contribution in [3.8, 4) is 0 Å². The smallest absolute Gasteiger partial charge is 0.169 e. The lowest BCUT2D eigenvalue weighted by molar-refractivity contribution is 0.103. The van der Waals surface area contributed by atoms with E-state index in [1.54, 1.807) is 0 Å². The predicted octanol–water partition coefficient (Wildman–Crippen LogP) is 6.86. The van der Waals surface area contributed by atoms with Crippen LogP contribution in [-0.4, -0.2) is 42.8 Å². The number of benzene rings is 2. The topological polar surface area (TPSA) is 32.5 Å². The predicted molar refractivity (Wildman–Crippen MR) is 139 cm³/mol. The third kappa shape index (κ3) is 4.39. The summed E-state index contributed by atoms with van der Waals surface area (Å²) in [4.78, 5) is 5.32. The quantitative estimate of drug-likeness (QED) is 0.439. The SMILES string of the molecule is CC(C)(C)c1noc2cc(N3CC[C@H](CN4CCC(C(C)(C)C)CC4)C3)c3ccccc3c12. The molecular formula is C29H41N3O. The van der Waals surface area contributed by atoms with Crippen molar-refractivity contribution < 1.29 is 4.52 Å². The molecule has 2 saturated heterocycles. The number of hydrogen-bond acceptors (Lipinski definition) is 4. The molecule has 0 radical (unpaired) electrons. The molecule has 4 heteroatoms. The molecule has 178 valence electrons. The van der Waals surface area contributed by atoms with Crippen molar-refractivity contribution in [2.75, 3.05) is 37.6 Å². The monoisotopic (exact) mass is 447 g/mol. The van der Waals surface area contributed by atoms with Crippen molar-refractivity contribution in [2.45, 2.75) is 66.2 Å². The number of anilines is 1. The summed E-state index contributed by atoms with van der Waals surface area (Å²) in [7, 11) is 0. The molecule has 2 aliphatic rings. The van der Waals surface area contributed by atoms with Crippen LogP contribution in [0.3, 0.4) is 0 Å². The molecule has 0 bridgehead atoms. The van der Waals surface area contributed by atoms with Gasteiger partial charge >= 0.3 is 0 Å². The molecule has 0 amide bonds. The van der Waals surface area contributed by atoms with Crippen LogP contribution < -0.4 is 4.90 Å². The van der Waals surface area contributed by atoms with Gasteiger partial charge in [-0.15, -0.1) is 0 Å². The average molecular weight is 448 g/mol. The molecule has 2 aromatic carbocycles. The van der Waals surface area contributed by atoms with E-state index >= 15 is 0 Å². The number of nitrogens with zero attached hydrogens (tertiary/aromatic N) is 3. The van der Waals surface area contributed by atoms with Gasteiger partial charge in [0.1, 0.15) is 0 Å². The molecule has 33 heavy (non-hydrogen) atoms. The second-order valence-electron chi connectivity index (χ2n) is 12.6. The summed E-state index contributed by atoms with van der Waals surface area (Å²) in [6.07, 6.45) is 3.97. The Labute approximate surface area is 199 Å². The van der Waals surface area contributed by atoms with E-state index in [0.29, 0.717) is 5.41 Å². The van der Waals surface area contributed by atoms with Crippen molar-refractivity contribution >= 4 is 27.4 Å². The van der Waals surface area contributed by atoms with E-state index in [2.05, 4.69) is 86.8 Å². The van der Waals surface area contributed by atoms with Crippen LogP contribution >= 0.6 is 0 Å². The highest BCUT2D eigenvalue weighted by Crippen LogP contribution is 2.41. The summed E-state index contributed by atoms with van der Waals surface area (Å²) >= 11 is 0. The fourth-order valence-corrected chi connectivity index (χ4v) is 6.11. The molecule has 1 aromatic heterocycles. The molecule has 2 aliphatic heterocycles. The van der Waals surface area contributed by atoms with Crippen molar-refractivity contribution in [3.63, 3.8) is 0 Å². The highest BCUT2D eigenvalue weighted by atomic mass is 16.5. The molecule has 0 spiro atoms. The summed E-state index contributed by atoms with van der Waals surface area (Å²) in [5.41, 5.74) is 3.68. The van der Waals surface area contributed by atoms with Crippen LogP contribution in [-0.2, 0) is 5.41 Å². The molecule has 3 aromatic rings. The fraction of sp³-hybridized carbons (Fsp3) is 0.621. The highest BCUT2D eigenvalue weighted by Gasteiger charge is 2.32. The summed E-state index contributed by atoms with van der Waals surface area (Å²) in [5.74, 6) is 1.61. The summed E-state index contributed by atoms with van der Waals surface area (Å²) in [6, 6.07) is 11.1. The number of hydrogen-bond donors (Lipinski definition) is 0. The largest absolute Gasteiger partial charge is 0.371 e. The number of likely N-dealkylation sites (tertiary alicyclic amines) is 1. The number of rotatable bonds is 3. The zero-order chi connectivity index (χ0) is 23.4. The molecule has 0 N–H and O–H groups in total. The summed E-state index contributed by atoms with van der Waals surface area (Å²) in [5, 5.41) is 8.27. The van der Waals surface area contributed by atoms with E-state index in [-0.39, 0.29) is 5.41 Å². The number of fused-ring (bicyclic) bond motifs is 3. The minimum absolute atomic E-state index is 0.0469. The Morgan fingerprint density at radius 3 is 2.30 bits per heavy atom. The van der Waals surface area contributed by atoms with Crippen LogP contribution in [0.1, 0.15) is 66.5 Å². The van der Waals surface area contributed by atoms with Crippen molar-refractivity contribution in [1.82, 2.24) is 10.1 Å². The lowest BCUT2D eigenvalue weighted by atomic mass is 9.75. The third-order valence-electron chi connectivity index (χ3n) is 8.12. The Morgan fingerprint density at radius 1 is 0.939 bits per heavy atom. The van der Waals surface area contributed by atoms with Gasteiger partial charge in [-0.05, 0) is 55.0 Å². The van der Waals surface area contributed by atoms with Crippen LogP contribution in [0, 0.1) is 17.3 Å². The number of piperidine rings is 1. The zero-order valence-corrected chi connectivity index (χ0v) is 21.4. The van der Waals surface area contributed by atoms with E-state index in [4.69, 9.17) is 4.52 Å². The summed E-state index contributed by atoms with van der Waals surface area (Å²) < 4.78 is 5.88. The first-order valence-electron chi connectivity index (χ1n) is 12.9. The Kier molecular flexibility index (Phi) is 5.71. The van der Waals surface area contributed by atoms with Gasteiger partial charge in [0.2, 0.25) is 0 Å². The van der Waals surface area contributed by atoms with Crippen molar-refractivity contribution in [3.05, 3.63) is 36.0 Å². The van der Waals surface area contributed by atoms with E-state index in [1.807, 2.05) is 0 Å². The van der Waals surface area contributed by atoms with Gasteiger partial charge in [-0.2, -0.15) is 0 Å². The van der Waals surface area contributed by atoms with Gasteiger partial charge in [0.05, 0.1) is 11.1 Å². The van der Waals surface area contributed by atoms with Crippen molar-refractivity contribution in [2.24, 2.45) is 17.3 Å². The Bertz CT molecular complexity index is 1130. The Hall–Kier alpha value is -2.07. The van der Waals surface area contributed by atoms with Gasteiger partial charge < -0.3 is 14.3 Å². The van der Waals surface area contributed by atoms with Gasteiger partial charge in [0, 0.05) is 42.2 Å². The van der Waals surface area contributed by atoms with Crippen LogP contribution in [0.2, 0.25) is 0 Å². The maximum atomic E-state index is 5.88. The van der Waals surface area contributed by atoms with Crippen LogP contribution in [0.25, 0.3) is 21.7 Å². The first-order valence-corrected chi connectivity index (χ1v) is 12.9. The van der Waals surface area contributed by atoms with Gasteiger partial charge in [-0.3, -0.25) is 0 Å². The molecule has 5 rings (SSSR count). The van der Waals surface area contributed by atoms with Gasteiger partial charge in [-0.25, -0.2) is 0 Å². The molecule has 4 nitrogen and oxygen atoms in total.